The third-order valence-electron chi connectivity index (χ3n) is 11.0. The molecule has 3 amide bonds. The number of anilines is 1. The first-order valence-corrected chi connectivity index (χ1v) is 19.3. The average Bonchev–Trinajstić information content (AvgIpc) is 3.76. The number of fused-ring (bicyclic) bond motifs is 1. The zero-order valence-electron chi connectivity index (χ0n) is 30.9. The van der Waals surface area contributed by atoms with Crippen LogP contribution in [0.15, 0.2) is 104 Å². The van der Waals surface area contributed by atoms with Crippen LogP contribution in [0, 0.1) is 25.7 Å². The van der Waals surface area contributed by atoms with Crippen LogP contribution in [0.2, 0.25) is 0 Å². The molecule has 3 aromatic carbocycles. The number of aryl methyl sites for hydroxylation is 2. The summed E-state index contributed by atoms with van der Waals surface area (Å²) in [4.78, 5) is 60.6. The van der Waals surface area contributed by atoms with Gasteiger partial charge in [-0.1, -0.05) is 107 Å². The van der Waals surface area contributed by atoms with Crippen molar-refractivity contribution >= 4 is 45.3 Å². The number of carbonyl (C=O) groups is 4. The SMILES string of the molecule is C=CCCC(=O)N[C@@H](C)[C@H](OC(=O)[C@@H]1[C@H]2O[C@@]3(CC2Br)[C@H](C(=O)N(CC=C)c2c(C)cccc2C)N([C@H](CO)c2ccccc2)C(=O)[C@@H]13)c1ccccc1. The van der Waals surface area contributed by atoms with Crippen LogP contribution in [0.25, 0.3) is 0 Å². The van der Waals surface area contributed by atoms with E-state index in [9.17, 15) is 14.7 Å². The third kappa shape index (κ3) is 7.05. The molecule has 3 fully saturated rings. The number of hydrogen-bond acceptors (Lipinski definition) is 7. The topological polar surface area (TPSA) is 125 Å². The number of allylic oxidation sites excluding steroid dienone is 1. The van der Waals surface area contributed by atoms with Crippen LogP contribution in [0.3, 0.4) is 0 Å². The summed E-state index contributed by atoms with van der Waals surface area (Å²) in [6.45, 7) is 12.9. The summed E-state index contributed by atoms with van der Waals surface area (Å²) in [6, 6.07) is 21.3. The van der Waals surface area contributed by atoms with E-state index in [1.54, 1.807) is 36.1 Å². The van der Waals surface area contributed by atoms with Gasteiger partial charge in [0, 0.05) is 23.5 Å². The number of rotatable bonds is 15. The lowest BCUT2D eigenvalue weighted by molar-refractivity contribution is -0.162. The molecule has 6 rings (SSSR count). The van der Waals surface area contributed by atoms with Crippen LogP contribution in [0.5, 0.6) is 0 Å². The van der Waals surface area contributed by atoms with Crippen molar-refractivity contribution in [1.82, 2.24) is 10.2 Å². The minimum absolute atomic E-state index is 0.154. The molecule has 284 valence electrons. The van der Waals surface area contributed by atoms with Gasteiger partial charge in [-0.2, -0.15) is 0 Å². The van der Waals surface area contributed by atoms with Crippen molar-refractivity contribution in [2.45, 2.75) is 80.8 Å². The summed E-state index contributed by atoms with van der Waals surface area (Å²) < 4.78 is 13.2. The summed E-state index contributed by atoms with van der Waals surface area (Å²) in [6.07, 6.45) is 2.63. The molecule has 3 saturated heterocycles. The number of aliphatic hydroxyl groups is 1. The molecule has 1 unspecified atom stereocenters. The van der Waals surface area contributed by atoms with Gasteiger partial charge in [-0.25, -0.2) is 0 Å². The highest BCUT2D eigenvalue weighted by atomic mass is 79.9. The molecule has 3 aromatic rings. The average molecular weight is 799 g/mol. The molecule has 3 aliphatic heterocycles. The number of nitrogens with one attached hydrogen (secondary N) is 1. The predicted octanol–water partition coefficient (Wildman–Crippen LogP) is 6.06. The van der Waals surface area contributed by atoms with Gasteiger partial charge < -0.3 is 29.7 Å². The summed E-state index contributed by atoms with van der Waals surface area (Å²) in [5.74, 6) is -3.93. The van der Waals surface area contributed by atoms with Crippen LogP contribution >= 0.6 is 15.9 Å². The van der Waals surface area contributed by atoms with Gasteiger partial charge in [0.15, 0.2) is 0 Å². The van der Waals surface area contributed by atoms with Crippen molar-refractivity contribution in [3.05, 3.63) is 126 Å². The van der Waals surface area contributed by atoms with Gasteiger partial charge in [0.1, 0.15) is 17.7 Å². The fraction of sp³-hybridized carbons (Fsp3) is 0.395. The van der Waals surface area contributed by atoms with Crippen molar-refractivity contribution in [2.75, 3.05) is 18.1 Å². The zero-order chi connectivity index (χ0) is 38.7. The second-order valence-corrected chi connectivity index (χ2v) is 15.6. The number of benzene rings is 3. The number of likely N-dealkylation sites (tertiary alicyclic amines) is 1. The number of amides is 3. The number of halogens is 1. The molecule has 10 nitrogen and oxygen atoms in total. The summed E-state index contributed by atoms with van der Waals surface area (Å²) in [5, 5.41) is 13.9. The van der Waals surface area contributed by atoms with Crippen LogP contribution < -0.4 is 10.2 Å². The second kappa shape index (κ2) is 16.4. The molecule has 1 spiro atoms. The number of hydrogen-bond donors (Lipinski definition) is 2. The molecule has 2 bridgehead atoms. The first kappa shape index (κ1) is 39.1. The minimum Gasteiger partial charge on any atom is -0.455 e. The normalized spacial score (nSPS) is 25.7. The van der Waals surface area contributed by atoms with Gasteiger partial charge in [0.2, 0.25) is 11.8 Å². The van der Waals surface area contributed by atoms with Crippen LogP contribution in [0.4, 0.5) is 5.69 Å². The first-order chi connectivity index (χ1) is 26.0. The molecule has 0 saturated carbocycles. The van der Waals surface area contributed by atoms with E-state index in [1.807, 2.05) is 80.6 Å². The number of esters is 1. The summed E-state index contributed by atoms with van der Waals surface area (Å²) in [7, 11) is 0. The van der Waals surface area contributed by atoms with Crippen molar-refractivity contribution in [3.63, 3.8) is 0 Å². The van der Waals surface area contributed by atoms with Gasteiger partial charge >= 0.3 is 5.97 Å². The molecule has 3 aliphatic rings. The van der Waals surface area contributed by atoms with Gasteiger partial charge in [-0.15, -0.1) is 13.2 Å². The van der Waals surface area contributed by atoms with E-state index in [0.29, 0.717) is 23.2 Å². The predicted molar refractivity (Wildman–Crippen MR) is 210 cm³/mol. The lowest BCUT2D eigenvalue weighted by Crippen LogP contribution is -2.58. The Kier molecular flexibility index (Phi) is 11.9. The zero-order valence-corrected chi connectivity index (χ0v) is 32.5. The molecule has 9 atom stereocenters. The third-order valence-corrected chi connectivity index (χ3v) is 11.8. The highest BCUT2D eigenvalue weighted by Gasteiger charge is 2.78. The highest BCUT2D eigenvalue weighted by molar-refractivity contribution is 9.09. The quantitative estimate of drug-likeness (QED) is 0.109. The number of carbonyl (C=O) groups excluding carboxylic acids is 4. The Hall–Kier alpha value is -4.58. The summed E-state index contributed by atoms with van der Waals surface area (Å²) >= 11 is 3.77. The molecule has 2 N–H and O–H groups in total. The van der Waals surface area contributed by atoms with E-state index < -0.39 is 77.0 Å². The lowest BCUT2D eigenvalue weighted by Gasteiger charge is -2.40. The molecule has 0 radical (unpaired) electrons. The lowest BCUT2D eigenvalue weighted by atomic mass is 9.70. The number of para-hydroxylation sites is 1. The highest BCUT2D eigenvalue weighted by Crippen LogP contribution is 2.62. The molecular formula is C43H48BrN3O7. The van der Waals surface area contributed by atoms with Gasteiger partial charge in [0.05, 0.1) is 36.6 Å². The van der Waals surface area contributed by atoms with Crippen LogP contribution in [0.1, 0.15) is 60.6 Å². The maximum absolute atomic E-state index is 15.3. The standard InChI is InChI=1S/C43H48BrN3O7/c1-6-8-22-33(49)45-28(5)37(30-20-13-10-14-21-30)53-42(52)34-35-40(50)47(32(25-48)29-18-11-9-12-19-29)39(43(35)24-31(44)38(34)54-43)41(51)46(23-7-2)36-26(3)16-15-17-27(36)4/h6-7,9-21,28,31-32,34-35,37-39,48H,1-2,8,22-25H2,3-5H3,(H,45,49)/t28-,31?,32+,34-,35+,37-,38-,39-,43+/m0/s1. The number of aliphatic hydroxyl groups excluding tert-OH is 1. The Morgan fingerprint density at radius 2 is 1.65 bits per heavy atom. The Bertz CT molecular complexity index is 1870. The fourth-order valence-electron chi connectivity index (χ4n) is 8.72. The molecule has 11 heteroatoms. The van der Waals surface area contributed by atoms with Gasteiger partial charge in [-0.05, 0) is 55.9 Å². The first-order valence-electron chi connectivity index (χ1n) is 18.4. The molecule has 3 heterocycles. The van der Waals surface area contributed by atoms with E-state index in [1.165, 1.54) is 4.90 Å². The minimum atomic E-state index is -1.43. The Morgan fingerprint density at radius 3 is 2.24 bits per heavy atom. The maximum atomic E-state index is 15.3. The maximum Gasteiger partial charge on any atom is 0.313 e. The number of ether oxygens (including phenoxy) is 2. The Labute approximate surface area is 325 Å². The monoisotopic (exact) mass is 797 g/mol. The second-order valence-electron chi connectivity index (χ2n) is 14.4. The molecule has 0 aromatic heterocycles. The van der Waals surface area contributed by atoms with Gasteiger partial charge in [0.25, 0.3) is 5.91 Å². The Morgan fingerprint density at radius 1 is 1.02 bits per heavy atom. The van der Waals surface area contributed by atoms with E-state index in [4.69, 9.17) is 9.47 Å². The number of alkyl halides is 1. The van der Waals surface area contributed by atoms with Crippen LogP contribution in [-0.2, 0) is 28.7 Å². The Balaban J connectivity index is 1.43. The van der Waals surface area contributed by atoms with Crippen molar-refractivity contribution in [2.24, 2.45) is 11.8 Å². The van der Waals surface area contributed by atoms with Crippen molar-refractivity contribution in [1.29, 1.82) is 0 Å². The molecule has 0 aliphatic carbocycles. The van der Waals surface area contributed by atoms with E-state index in [-0.39, 0.29) is 25.3 Å². The fourth-order valence-corrected chi connectivity index (χ4v) is 9.66. The van der Waals surface area contributed by atoms with E-state index >= 15 is 9.59 Å². The molecular weight excluding hydrogens is 750 g/mol. The van der Waals surface area contributed by atoms with Crippen molar-refractivity contribution < 1.29 is 33.8 Å². The smallest absolute Gasteiger partial charge is 0.313 e. The largest absolute Gasteiger partial charge is 0.455 e. The number of nitrogens with zero attached hydrogens (tertiary/aromatic N) is 2. The molecule has 54 heavy (non-hydrogen) atoms. The van der Waals surface area contributed by atoms with E-state index in [2.05, 4.69) is 34.4 Å². The summed E-state index contributed by atoms with van der Waals surface area (Å²) in [5.41, 5.74) is 2.31. The van der Waals surface area contributed by atoms with Crippen LogP contribution in [-0.4, -0.2) is 75.5 Å². The van der Waals surface area contributed by atoms with E-state index in [0.717, 1.165) is 11.1 Å². The van der Waals surface area contributed by atoms with Gasteiger partial charge in [-0.3, -0.25) is 19.2 Å². The van der Waals surface area contributed by atoms with Crippen molar-refractivity contribution in [3.8, 4) is 0 Å².